The van der Waals surface area contributed by atoms with Crippen LogP contribution in [0.1, 0.15) is 33.3 Å². The molecule has 156 valence electrons. The van der Waals surface area contributed by atoms with Crippen molar-refractivity contribution in [3.8, 4) is 11.5 Å². The van der Waals surface area contributed by atoms with Crippen LogP contribution in [0.4, 0.5) is 5.69 Å². The second-order valence-corrected chi connectivity index (χ2v) is 7.25. The van der Waals surface area contributed by atoms with Gasteiger partial charge in [-0.25, -0.2) is 0 Å². The Morgan fingerprint density at radius 2 is 1.93 bits per heavy atom. The molecule has 0 bridgehead atoms. The van der Waals surface area contributed by atoms with E-state index in [1.807, 2.05) is 12.1 Å². The number of nitrogens with zero attached hydrogens (tertiary/aromatic N) is 2. The summed E-state index contributed by atoms with van der Waals surface area (Å²) in [4.78, 5) is 18.6. The van der Waals surface area contributed by atoms with Crippen molar-refractivity contribution in [1.82, 2.24) is 9.88 Å². The third-order valence-electron chi connectivity index (χ3n) is 4.48. The maximum Gasteiger partial charge on any atom is 0.248 e. The monoisotopic (exact) mass is 397 g/mol. The van der Waals surface area contributed by atoms with Gasteiger partial charge in [0, 0.05) is 48.9 Å². The highest BCUT2D eigenvalue weighted by Gasteiger charge is 2.14. The molecule has 6 nitrogen and oxygen atoms in total. The van der Waals surface area contributed by atoms with Crippen molar-refractivity contribution >= 4 is 17.7 Å². The van der Waals surface area contributed by atoms with Gasteiger partial charge in [0.2, 0.25) is 5.91 Å². The molecule has 2 rings (SSSR count). The van der Waals surface area contributed by atoms with E-state index in [1.54, 1.807) is 43.8 Å². The molecule has 0 aliphatic rings. The second-order valence-electron chi connectivity index (χ2n) is 7.25. The van der Waals surface area contributed by atoms with Crippen LogP contribution >= 0.6 is 0 Å². The zero-order chi connectivity index (χ0) is 21.2. The first-order chi connectivity index (χ1) is 13.9. The molecule has 0 aliphatic heterocycles. The number of hydrogen-bond donors (Lipinski definition) is 1. The van der Waals surface area contributed by atoms with E-state index in [0.717, 1.165) is 12.1 Å². The van der Waals surface area contributed by atoms with Gasteiger partial charge in [0.15, 0.2) is 11.5 Å². The Morgan fingerprint density at radius 1 is 1.17 bits per heavy atom. The number of aromatic nitrogens is 1. The first-order valence-corrected chi connectivity index (χ1v) is 9.86. The molecule has 0 unspecified atom stereocenters. The van der Waals surface area contributed by atoms with Crippen LogP contribution in [0.2, 0.25) is 0 Å². The largest absolute Gasteiger partial charge is 0.493 e. The van der Waals surface area contributed by atoms with Gasteiger partial charge in [-0.15, -0.1) is 0 Å². The van der Waals surface area contributed by atoms with E-state index in [1.165, 1.54) is 6.08 Å². The summed E-state index contributed by atoms with van der Waals surface area (Å²) in [5, 5.41) is 2.85. The molecule has 0 saturated heterocycles. The normalized spacial score (nSPS) is 11.4. The van der Waals surface area contributed by atoms with Crippen LogP contribution in [-0.2, 0) is 4.79 Å². The molecular formula is C23H31N3O3. The number of nitrogens with one attached hydrogen (secondary N) is 1. The van der Waals surface area contributed by atoms with E-state index in [2.05, 4.69) is 42.9 Å². The van der Waals surface area contributed by atoms with Crippen LogP contribution in [0, 0.1) is 0 Å². The van der Waals surface area contributed by atoms with Crippen LogP contribution in [0.5, 0.6) is 11.5 Å². The number of carbonyl (C=O) groups excluding carboxylic acids is 1. The molecular weight excluding hydrogens is 366 g/mol. The molecule has 1 aromatic carbocycles. The molecule has 29 heavy (non-hydrogen) atoms. The summed E-state index contributed by atoms with van der Waals surface area (Å²) in [7, 11) is 1.60. The number of pyridine rings is 1. The van der Waals surface area contributed by atoms with E-state index in [0.29, 0.717) is 35.9 Å². The molecule has 6 heteroatoms. The van der Waals surface area contributed by atoms with Crippen LogP contribution in [-0.4, -0.2) is 48.1 Å². The quantitative estimate of drug-likeness (QED) is 0.608. The van der Waals surface area contributed by atoms with E-state index >= 15 is 0 Å². The average Bonchev–Trinajstić information content (AvgIpc) is 2.70. The lowest BCUT2D eigenvalue weighted by Crippen LogP contribution is -2.39. The molecule has 0 fully saturated rings. The zero-order valence-corrected chi connectivity index (χ0v) is 17.9. The van der Waals surface area contributed by atoms with Crippen LogP contribution in [0.3, 0.4) is 0 Å². The van der Waals surface area contributed by atoms with E-state index in [9.17, 15) is 4.79 Å². The van der Waals surface area contributed by atoms with Gasteiger partial charge in [0.25, 0.3) is 0 Å². The smallest absolute Gasteiger partial charge is 0.248 e. The van der Waals surface area contributed by atoms with Gasteiger partial charge in [-0.2, -0.15) is 0 Å². The fraction of sp³-hybridized carbons (Fsp3) is 0.391. The van der Waals surface area contributed by atoms with Crippen molar-refractivity contribution in [2.24, 2.45) is 0 Å². The van der Waals surface area contributed by atoms with Crippen molar-refractivity contribution in [2.75, 3.05) is 25.6 Å². The predicted octanol–water partition coefficient (Wildman–Crippen LogP) is 4.24. The number of anilines is 1. The number of carbonyl (C=O) groups is 1. The Kier molecular flexibility index (Phi) is 8.68. The van der Waals surface area contributed by atoms with Crippen LogP contribution in [0.25, 0.3) is 6.08 Å². The standard InChI is InChI=1S/C23H31N3O3/c1-17(2)26(18(3)4)13-14-29-22-15-20(9-10-21(22)28-5)25-23(27)11-8-19-7-6-12-24-16-19/h6-12,15-18H,13-14H2,1-5H3,(H,25,27)/b11-8+. The highest BCUT2D eigenvalue weighted by atomic mass is 16.5. The molecule has 0 atom stereocenters. The number of methoxy groups -OCH3 is 1. The molecule has 1 heterocycles. The molecule has 2 aromatic rings. The predicted molar refractivity (Wildman–Crippen MR) is 117 cm³/mol. The lowest BCUT2D eigenvalue weighted by molar-refractivity contribution is -0.111. The summed E-state index contributed by atoms with van der Waals surface area (Å²) >= 11 is 0. The zero-order valence-electron chi connectivity index (χ0n) is 17.9. The minimum Gasteiger partial charge on any atom is -0.493 e. The Labute approximate surface area is 173 Å². The Morgan fingerprint density at radius 3 is 2.55 bits per heavy atom. The lowest BCUT2D eigenvalue weighted by Gasteiger charge is -2.30. The van der Waals surface area contributed by atoms with Crippen molar-refractivity contribution < 1.29 is 14.3 Å². The van der Waals surface area contributed by atoms with Gasteiger partial charge in [-0.3, -0.25) is 14.7 Å². The van der Waals surface area contributed by atoms with Gasteiger partial charge in [0.05, 0.1) is 7.11 Å². The molecule has 0 saturated carbocycles. The van der Waals surface area contributed by atoms with Gasteiger partial charge in [0.1, 0.15) is 6.61 Å². The van der Waals surface area contributed by atoms with Gasteiger partial charge in [-0.1, -0.05) is 6.07 Å². The number of amides is 1. The topological polar surface area (TPSA) is 63.7 Å². The van der Waals surface area contributed by atoms with Crippen molar-refractivity contribution in [3.63, 3.8) is 0 Å². The van der Waals surface area contributed by atoms with Crippen molar-refractivity contribution in [3.05, 3.63) is 54.4 Å². The number of ether oxygens (including phenoxy) is 2. The second kappa shape index (κ2) is 11.2. The van der Waals surface area contributed by atoms with Crippen LogP contribution < -0.4 is 14.8 Å². The van der Waals surface area contributed by atoms with Crippen molar-refractivity contribution in [2.45, 2.75) is 39.8 Å². The lowest BCUT2D eigenvalue weighted by atomic mass is 10.2. The molecule has 1 aromatic heterocycles. The first-order valence-electron chi connectivity index (χ1n) is 9.86. The van der Waals surface area contributed by atoms with Gasteiger partial charge < -0.3 is 14.8 Å². The van der Waals surface area contributed by atoms with Crippen LogP contribution in [0.15, 0.2) is 48.8 Å². The van der Waals surface area contributed by atoms with Gasteiger partial charge in [-0.05, 0) is 57.5 Å². The van der Waals surface area contributed by atoms with Crippen molar-refractivity contribution in [1.29, 1.82) is 0 Å². The fourth-order valence-electron chi connectivity index (χ4n) is 3.07. The molecule has 1 N–H and O–H groups in total. The molecule has 1 amide bonds. The SMILES string of the molecule is COc1ccc(NC(=O)/C=C/c2cccnc2)cc1OCCN(C(C)C)C(C)C. The number of hydrogen-bond acceptors (Lipinski definition) is 5. The first kappa shape index (κ1) is 22.4. The summed E-state index contributed by atoms with van der Waals surface area (Å²) in [6.07, 6.45) is 6.58. The minimum atomic E-state index is -0.226. The molecule has 0 radical (unpaired) electrons. The Balaban J connectivity index is 2.00. The highest BCUT2D eigenvalue weighted by molar-refractivity contribution is 6.02. The fourth-order valence-corrected chi connectivity index (χ4v) is 3.07. The summed E-state index contributed by atoms with van der Waals surface area (Å²) in [5.41, 5.74) is 1.51. The third kappa shape index (κ3) is 7.23. The Hall–Kier alpha value is -2.86. The minimum absolute atomic E-state index is 0.226. The van der Waals surface area contributed by atoms with E-state index < -0.39 is 0 Å². The van der Waals surface area contributed by atoms with Gasteiger partial charge >= 0.3 is 0 Å². The third-order valence-corrected chi connectivity index (χ3v) is 4.48. The molecule has 0 aliphatic carbocycles. The summed E-state index contributed by atoms with van der Waals surface area (Å²) in [6, 6.07) is 9.95. The average molecular weight is 398 g/mol. The number of benzene rings is 1. The van der Waals surface area contributed by atoms with E-state index in [-0.39, 0.29) is 5.91 Å². The summed E-state index contributed by atoms with van der Waals surface area (Å²) in [5.74, 6) is 1.01. The highest BCUT2D eigenvalue weighted by Crippen LogP contribution is 2.30. The summed E-state index contributed by atoms with van der Waals surface area (Å²) < 4.78 is 11.4. The molecule has 0 spiro atoms. The maximum absolute atomic E-state index is 12.2. The number of rotatable bonds is 10. The van der Waals surface area contributed by atoms with E-state index in [4.69, 9.17) is 9.47 Å². The Bertz CT molecular complexity index is 796. The maximum atomic E-state index is 12.2. The summed E-state index contributed by atoms with van der Waals surface area (Å²) in [6.45, 7) is 10.0.